The number of anilines is 2. The Morgan fingerprint density at radius 3 is 2.38 bits per heavy atom. The fourth-order valence-corrected chi connectivity index (χ4v) is 5.22. The van der Waals surface area contributed by atoms with Crippen molar-refractivity contribution in [1.82, 2.24) is 24.4 Å². The van der Waals surface area contributed by atoms with Crippen molar-refractivity contribution in [3.8, 4) is 11.1 Å². The Labute approximate surface area is 200 Å². The second-order valence-electron chi connectivity index (χ2n) is 9.69. The summed E-state index contributed by atoms with van der Waals surface area (Å²) >= 11 is 0. The van der Waals surface area contributed by atoms with Crippen molar-refractivity contribution in [1.29, 1.82) is 0 Å². The highest BCUT2D eigenvalue weighted by atomic mass is 16.2. The molecule has 2 aliphatic heterocycles. The number of likely N-dealkylation sites (N-methyl/N-ethyl adjacent to an activating group) is 1. The lowest BCUT2D eigenvalue weighted by molar-refractivity contribution is -0.132. The molecule has 1 aliphatic carbocycles. The molecule has 178 valence electrons. The lowest BCUT2D eigenvalue weighted by Gasteiger charge is -2.36. The molecule has 2 saturated heterocycles. The molecule has 0 unspecified atom stereocenters. The van der Waals surface area contributed by atoms with Crippen molar-refractivity contribution in [3.63, 3.8) is 0 Å². The number of amides is 1. The molecule has 34 heavy (non-hydrogen) atoms. The highest BCUT2D eigenvalue weighted by Gasteiger charge is 2.34. The molecule has 1 amide bonds. The minimum atomic E-state index is 0.299. The van der Waals surface area contributed by atoms with Crippen molar-refractivity contribution in [3.05, 3.63) is 42.9 Å². The lowest BCUT2D eigenvalue weighted by Crippen LogP contribution is -2.49. The number of nitrogens with zero attached hydrogens (tertiary/aromatic N) is 7. The number of fused-ring (bicyclic) bond motifs is 1. The quantitative estimate of drug-likeness (QED) is 0.585. The number of hydrogen-bond donors (Lipinski definition) is 0. The Bertz CT molecular complexity index is 1150. The SMILES string of the molecule is CCN1CCN(c2ccc(-c3cc4c(N5CCN(C(=O)C6CC6)CC5)ccnn4c3)cn2)CC1. The van der Waals surface area contributed by atoms with E-state index in [-0.39, 0.29) is 0 Å². The Hall–Kier alpha value is -3.13. The van der Waals surface area contributed by atoms with Crippen molar-refractivity contribution >= 4 is 22.9 Å². The summed E-state index contributed by atoms with van der Waals surface area (Å²) < 4.78 is 1.96. The Morgan fingerprint density at radius 1 is 0.941 bits per heavy atom. The molecule has 0 atom stereocenters. The monoisotopic (exact) mass is 459 g/mol. The predicted octanol–water partition coefficient (Wildman–Crippen LogP) is 2.60. The Morgan fingerprint density at radius 2 is 1.71 bits per heavy atom. The number of carbonyl (C=O) groups excluding carboxylic acids is 1. The highest BCUT2D eigenvalue weighted by molar-refractivity contribution is 5.82. The van der Waals surface area contributed by atoms with Gasteiger partial charge >= 0.3 is 0 Å². The Balaban J connectivity index is 1.18. The van der Waals surface area contributed by atoms with Gasteiger partial charge in [-0.1, -0.05) is 6.92 Å². The minimum Gasteiger partial charge on any atom is -0.366 e. The average molecular weight is 460 g/mol. The summed E-state index contributed by atoms with van der Waals surface area (Å²) in [6.45, 7) is 10.9. The normalized spacial score (nSPS) is 19.7. The van der Waals surface area contributed by atoms with Crippen molar-refractivity contribution in [2.24, 2.45) is 5.92 Å². The summed E-state index contributed by atoms with van der Waals surface area (Å²) in [6, 6.07) is 8.62. The van der Waals surface area contributed by atoms with Crippen molar-refractivity contribution in [2.45, 2.75) is 19.8 Å². The molecular formula is C26H33N7O. The van der Waals surface area contributed by atoms with E-state index in [1.54, 1.807) is 0 Å². The van der Waals surface area contributed by atoms with Crippen LogP contribution in [0.2, 0.25) is 0 Å². The molecule has 1 saturated carbocycles. The molecule has 8 heteroatoms. The number of pyridine rings is 1. The summed E-state index contributed by atoms with van der Waals surface area (Å²) in [5.41, 5.74) is 4.50. The standard InChI is InChI=1S/C26H33N7O/c1-2-29-9-11-31(12-10-29)25-6-5-21(18-27-25)22-17-24-23(7-8-28-33(24)19-22)30-13-15-32(16-14-30)26(34)20-3-4-20/h5-8,17-20H,2-4,9-16H2,1H3. The van der Waals surface area contributed by atoms with E-state index >= 15 is 0 Å². The summed E-state index contributed by atoms with van der Waals surface area (Å²) in [5, 5.41) is 4.56. The maximum Gasteiger partial charge on any atom is 0.225 e. The van der Waals surface area contributed by atoms with Crippen LogP contribution in [-0.4, -0.2) is 89.2 Å². The van der Waals surface area contributed by atoms with Gasteiger partial charge in [0.2, 0.25) is 5.91 Å². The van der Waals surface area contributed by atoms with Crippen LogP contribution < -0.4 is 9.80 Å². The van der Waals surface area contributed by atoms with Crippen LogP contribution in [0.1, 0.15) is 19.8 Å². The summed E-state index contributed by atoms with van der Waals surface area (Å²) in [6.07, 6.45) is 8.08. The third kappa shape index (κ3) is 4.11. The van der Waals surface area contributed by atoms with E-state index in [1.807, 2.05) is 21.8 Å². The molecule has 3 fully saturated rings. The lowest BCUT2D eigenvalue weighted by atomic mass is 10.1. The molecule has 0 radical (unpaired) electrons. The Kier molecular flexibility index (Phi) is 5.61. The molecular weight excluding hydrogens is 426 g/mol. The molecule has 5 heterocycles. The third-order valence-electron chi connectivity index (χ3n) is 7.57. The maximum atomic E-state index is 12.4. The smallest absolute Gasteiger partial charge is 0.225 e. The van der Waals surface area contributed by atoms with Crippen LogP contribution >= 0.6 is 0 Å². The zero-order chi connectivity index (χ0) is 23.1. The fraction of sp³-hybridized carbons (Fsp3) is 0.500. The van der Waals surface area contributed by atoms with E-state index in [2.05, 4.69) is 57.2 Å². The first-order valence-corrected chi connectivity index (χ1v) is 12.6. The first-order valence-electron chi connectivity index (χ1n) is 12.6. The van der Waals surface area contributed by atoms with Gasteiger partial charge in [0, 0.05) is 88.0 Å². The van der Waals surface area contributed by atoms with Crippen LogP contribution in [0, 0.1) is 5.92 Å². The summed E-state index contributed by atoms with van der Waals surface area (Å²) in [7, 11) is 0. The number of carbonyl (C=O) groups is 1. The molecule has 0 N–H and O–H groups in total. The number of aromatic nitrogens is 3. The van der Waals surface area contributed by atoms with Crippen LogP contribution in [0.3, 0.4) is 0 Å². The van der Waals surface area contributed by atoms with Crippen LogP contribution in [0.5, 0.6) is 0 Å². The molecule has 0 spiro atoms. The van der Waals surface area contributed by atoms with Gasteiger partial charge in [-0.15, -0.1) is 0 Å². The van der Waals surface area contributed by atoms with E-state index < -0.39 is 0 Å². The van der Waals surface area contributed by atoms with Gasteiger partial charge in [-0.25, -0.2) is 9.50 Å². The van der Waals surface area contributed by atoms with Crippen LogP contribution in [0.15, 0.2) is 42.9 Å². The molecule has 6 rings (SSSR count). The van der Waals surface area contributed by atoms with E-state index in [4.69, 9.17) is 4.98 Å². The predicted molar refractivity (Wildman–Crippen MR) is 134 cm³/mol. The van der Waals surface area contributed by atoms with E-state index in [9.17, 15) is 4.79 Å². The van der Waals surface area contributed by atoms with Crippen LogP contribution in [-0.2, 0) is 4.79 Å². The van der Waals surface area contributed by atoms with Gasteiger partial charge < -0.3 is 19.6 Å². The van der Waals surface area contributed by atoms with Gasteiger partial charge in [0.15, 0.2) is 0 Å². The van der Waals surface area contributed by atoms with E-state index in [1.165, 1.54) is 5.69 Å². The number of hydrogen-bond acceptors (Lipinski definition) is 6. The van der Waals surface area contributed by atoms with Gasteiger partial charge in [-0.3, -0.25) is 4.79 Å². The second kappa shape index (κ2) is 8.91. The molecule has 0 bridgehead atoms. The van der Waals surface area contributed by atoms with Crippen LogP contribution in [0.25, 0.3) is 16.6 Å². The number of rotatable bonds is 5. The molecule has 3 aromatic rings. The highest BCUT2D eigenvalue weighted by Crippen LogP contribution is 2.32. The van der Waals surface area contributed by atoms with E-state index in [0.717, 1.165) is 94.2 Å². The van der Waals surface area contributed by atoms with Gasteiger partial charge in [-0.05, 0) is 43.7 Å². The fourth-order valence-electron chi connectivity index (χ4n) is 5.22. The van der Waals surface area contributed by atoms with Crippen molar-refractivity contribution < 1.29 is 4.79 Å². The maximum absolute atomic E-state index is 12.4. The molecule has 0 aromatic carbocycles. The second-order valence-corrected chi connectivity index (χ2v) is 9.69. The van der Waals surface area contributed by atoms with Crippen LogP contribution in [0.4, 0.5) is 11.5 Å². The van der Waals surface area contributed by atoms with Gasteiger partial charge in [0.1, 0.15) is 5.82 Å². The number of piperazine rings is 2. The van der Waals surface area contributed by atoms with Crippen molar-refractivity contribution in [2.75, 3.05) is 68.7 Å². The minimum absolute atomic E-state index is 0.299. The van der Waals surface area contributed by atoms with Gasteiger partial charge in [0.25, 0.3) is 0 Å². The first-order chi connectivity index (χ1) is 16.7. The van der Waals surface area contributed by atoms with E-state index in [0.29, 0.717) is 11.8 Å². The topological polar surface area (TPSA) is 60.2 Å². The zero-order valence-electron chi connectivity index (χ0n) is 19.9. The van der Waals surface area contributed by atoms with Gasteiger partial charge in [-0.2, -0.15) is 5.10 Å². The largest absolute Gasteiger partial charge is 0.366 e. The first kappa shape index (κ1) is 21.4. The molecule has 8 nitrogen and oxygen atoms in total. The third-order valence-corrected chi connectivity index (χ3v) is 7.57. The summed E-state index contributed by atoms with van der Waals surface area (Å²) in [5.74, 6) is 1.71. The zero-order valence-corrected chi connectivity index (χ0v) is 19.9. The molecule has 3 aromatic heterocycles. The average Bonchev–Trinajstić information content (AvgIpc) is 3.66. The molecule has 3 aliphatic rings. The van der Waals surface area contributed by atoms with Gasteiger partial charge in [0.05, 0.1) is 11.2 Å². The summed E-state index contributed by atoms with van der Waals surface area (Å²) in [4.78, 5) is 26.5.